The Hall–Kier alpha value is -3.86. The van der Waals surface area contributed by atoms with Crippen LogP contribution >= 0.6 is 0 Å². The number of nitrogens with zero attached hydrogens (tertiary/aromatic N) is 1. The number of benzene rings is 3. The number of carbonyl (C=O) groups excluding carboxylic acids is 2. The molecule has 0 spiro atoms. The molecule has 3 aromatic carbocycles. The average molecular weight is 532 g/mol. The quantitative estimate of drug-likeness (QED) is 0.479. The van der Waals surface area contributed by atoms with Gasteiger partial charge in [-0.15, -0.1) is 0 Å². The van der Waals surface area contributed by atoms with E-state index in [1.807, 2.05) is 0 Å². The van der Waals surface area contributed by atoms with Crippen molar-refractivity contribution in [1.29, 1.82) is 0 Å². The number of amides is 3. The lowest BCUT2D eigenvalue weighted by atomic mass is 10.0. The topological polar surface area (TPSA) is 95.6 Å². The minimum atomic E-state index is -4.48. The van der Waals surface area contributed by atoms with Crippen molar-refractivity contribution in [2.24, 2.45) is 0 Å². The number of anilines is 2. The zero-order valence-corrected chi connectivity index (χ0v) is 20.6. The van der Waals surface area contributed by atoms with Crippen molar-refractivity contribution >= 4 is 33.2 Å². The predicted molar refractivity (Wildman–Crippen MR) is 134 cm³/mol. The standard InChI is InChI=1S/C26H24F3N3O4S/c1-37(35,36)22-5-2-4-18(16-22)17-7-13-21(14-8-17)32-15-3-6-23(24(32)33)31-25(34)30-20-11-9-19(10-12-20)26(27,28)29/h2,4-5,7-14,16,23H,3,6,15H2,1H3,(H2,30,31,34). The number of rotatable bonds is 5. The van der Waals surface area contributed by atoms with Gasteiger partial charge < -0.3 is 15.5 Å². The highest BCUT2D eigenvalue weighted by Crippen LogP contribution is 2.30. The first kappa shape index (κ1) is 26.2. The molecule has 7 nitrogen and oxygen atoms in total. The number of hydrogen-bond acceptors (Lipinski definition) is 4. The molecule has 2 N–H and O–H groups in total. The summed E-state index contributed by atoms with van der Waals surface area (Å²) in [4.78, 5) is 27.2. The summed E-state index contributed by atoms with van der Waals surface area (Å²) in [5.74, 6) is -0.305. The van der Waals surface area contributed by atoms with E-state index in [9.17, 15) is 31.2 Å². The van der Waals surface area contributed by atoms with Crippen molar-refractivity contribution in [3.8, 4) is 11.1 Å². The van der Waals surface area contributed by atoms with Gasteiger partial charge in [0.05, 0.1) is 10.5 Å². The Bertz CT molecular complexity index is 1410. The van der Waals surface area contributed by atoms with Crippen LogP contribution in [0, 0.1) is 0 Å². The number of halogens is 3. The number of alkyl halides is 3. The highest BCUT2D eigenvalue weighted by atomic mass is 32.2. The van der Waals surface area contributed by atoms with Crippen molar-refractivity contribution < 1.29 is 31.2 Å². The number of piperidine rings is 1. The highest BCUT2D eigenvalue weighted by Gasteiger charge is 2.32. The lowest BCUT2D eigenvalue weighted by Crippen LogP contribution is -2.53. The second-order valence-corrected chi connectivity index (χ2v) is 10.7. The summed E-state index contributed by atoms with van der Waals surface area (Å²) in [6.45, 7) is 0.459. The van der Waals surface area contributed by atoms with Gasteiger partial charge in [0, 0.05) is 24.2 Å². The SMILES string of the molecule is CS(=O)(=O)c1cccc(-c2ccc(N3CCCC(NC(=O)Nc4ccc(C(F)(F)F)cc4)C3=O)cc2)c1. The molecule has 11 heteroatoms. The van der Waals surface area contributed by atoms with Crippen LogP contribution in [-0.2, 0) is 20.8 Å². The fourth-order valence-electron chi connectivity index (χ4n) is 4.07. The molecule has 1 aliphatic rings. The minimum Gasteiger partial charge on any atom is -0.326 e. The normalized spacial score (nSPS) is 16.4. The van der Waals surface area contributed by atoms with E-state index in [1.54, 1.807) is 47.4 Å². The molecule has 1 fully saturated rings. The Morgan fingerprint density at radius 1 is 0.973 bits per heavy atom. The Morgan fingerprint density at radius 2 is 1.65 bits per heavy atom. The van der Waals surface area contributed by atoms with Gasteiger partial charge in [0.1, 0.15) is 6.04 Å². The van der Waals surface area contributed by atoms with E-state index in [0.29, 0.717) is 25.1 Å². The van der Waals surface area contributed by atoms with Gasteiger partial charge >= 0.3 is 12.2 Å². The number of urea groups is 1. The summed E-state index contributed by atoms with van der Waals surface area (Å²) >= 11 is 0. The molecule has 1 aliphatic heterocycles. The zero-order chi connectivity index (χ0) is 26.8. The fraction of sp³-hybridized carbons (Fsp3) is 0.231. The monoisotopic (exact) mass is 531 g/mol. The van der Waals surface area contributed by atoms with Crippen LogP contribution < -0.4 is 15.5 Å². The molecule has 1 atom stereocenters. The molecule has 0 aromatic heterocycles. The summed E-state index contributed by atoms with van der Waals surface area (Å²) in [5, 5.41) is 5.05. The maximum atomic E-state index is 13.1. The van der Waals surface area contributed by atoms with E-state index < -0.39 is 33.6 Å². The zero-order valence-electron chi connectivity index (χ0n) is 19.7. The minimum absolute atomic E-state index is 0.168. The molecular weight excluding hydrogens is 507 g/mol. The van der Waals surface area contributed by atoms with E-state index in [2.05, 4.69) is 10.6 Å². The van der Waals surface area contributed by atoms with Crippen molar-refractivity contribution in [2.75, 3.05) is 23.0 Å². The molecule has 0 radical (unpaired) electrons. The fourth-order valence-corrected chi connectivity index (χ4v) is 4.74. The summed E-state index contributed by atoms with van der Waals surface area (Å²) in [7, 11) is -3.35. The van der Waals surface area contributed by atoms with Crippen LogP contribution in [0.15, 0.2) is 77.7 Å². The third kappa shape index (κ3) is 6.29. The second kappa shape index (κ2) is 10.3. The Labute approximate surface area is 212 Å². The van der Waals surface area contributed by atoms with Crippen LogP contribution in [0.4, 0.5) is 29.3 Å². The van der Waals surface area contributed by atoms with Crippen molar-refractivity contribution in [3.05, 3.63) is 78.4 Å². The third-order valence-electron chi connectivity index (χ3n) is 5.99. The van der Waals surface area contributed by atoms with E-state index in [4.69, 9.17) is 0 Å². The van der Waals surface area contributed by atoms with Gasteiger partial charge in [0.2, 0.25) is 5.91 Å². The van der Waals surface area contributed by atoms with E-state index in [1.165, 1.54) is 6.07 Å². The van der Waals surface area contributed by atoms with Crippen LogP contribution in [0.2, 0.25) is 0 Å². The van der Waals surface area contributed by atoms with Crippen LogP contribution in [0.3, 0.4) is 0 Å². The van der Waals surface area contributed by atoms with Crippen molar-refractivity contribution in [2.45, 2.75) is 30.0 Å². The van der Waals surface area contributed by atoms with Crippen molar-refractivity contribution in [3.63, 3.8) is 0 Å². The van der Waals surface area contributed by atoms with Crippen LogP contribution in [0.5, 0.6) is 0 Å². The first-order chi connectivity index (χ1) is 17.4. The third-order valence-corrected chi connectivity index (χ3v) is 7.10. The predicted octanol–water partition coefficient (Wildman–Crippen LogP) is 5.09. The largest absolute Gasteiger partial charge is 0.416 e. The second-order valence-electron chi connectivity index (χ2n) is 8.71. The van der Waals surface area contributed by atoms with Crippen molar-refractivity contribution in [1.82, 2.24) is 5.32 Å². The lowest BCUT2D eigenvalue weighted by molar-refractivity contribution is -0.137. The Morgan fingerprint density at radius 3 is 2.27 bits per heavy atom. The molecule has 1 unspecified atom stereocenters. The average Bonchev–Trinajstić information content (AvgIpc) is 2.85. The molecule has 0 bridgehead atoms. The molecule has 3 aromatic rings. The van der Waals surface area contributed by atoms with Gasteiger partial charge in [-0.25, -0.2) is 13.2 Å². The van der Waals surface area contributed by atoms with Crippen LogP contribution in [0.1, 0.15) is 18.4 Å². The molecular formula is C26H24F3N3O4S. The lowest BCUT2D eigenvalue weighted by Gasteiger charge is -2.32. The number of sulfone groups is 1. The summed E-state index contributed by atoms with van der Waals surface area (Å²) in [6, 6.07) is 16.2. The van der Waals surface area contributed by atoms with Crippen LogP contribution in [0.25, 0.3) is 11.1 Å². The smallest absolute Gasteiger partial charge is 0.326 e. The maximum Gasteiger partial charge on any atom is 0.416 e. The molecule has 1 heterocycles. The molecule has 0 aliphatic carbocycles. The molecule has 37 heavy (non-hydrogen) atoms. The first-order valence-electron chi connectivity index (χ1n) is 11.4. The molecule has 3 amide bonds. The van der Waals surface area contributed by atoms with E-state index in [0.717, 1.165) is 41.6 Å². The number of nitrogens with one attached hydrogen (secondary N) is 2. The molecule has 0 saturated carbocycles. The Balaban J connectivity index is 1.41. The van der Waals surface area contributed by atoms with Gasteiger partial charge in [-0.05, 0) is 72.5 Å². The van der Waals surface area contributed by atoms with Gasteiger partial charge in [-0.2, -0.15) is 13.2 Å². The van der Waals surface area contributed by atoms with E-state index >= 15 is 0 Å². The van der Waals surface area contributed by atoms with Gasteiger partial charge in [-0.1, -0.05) is 24.3 Å². The molecule has 194 valence electrons. The first-order valence-corrected chi connectivity index (χ1v) is 13.3. The van der Waals surface area contributed by atoms with E-state index in [-0.39, 0.29) is 16.5 Å². The summed E-state index contributed by atoms with van der Waals surface area (Å²) in [6.07, 6.45) is -2.27. The Kier molecular flexibility index (Phi) is 7.26. The van der Waals surface area contributed by atoms with Gasteiger partial charge in [0.15, 0.2) is 9.84 Å². The van der Waals surface area contributed by atoms with Gasteiger partial charge in [-0.3, -0.25) is 4.79 Å². The number of carbonyl (C=O) groups is 2. The van der Waals surface area contributed by atoms with Crippen LogP contribution in [-0.4, -0.2) is 39.2 Å². The number of hydrogen-bond donors (Lipinski definition) is 2. The van der Waals surface area contributed by atoms with Gasteiger partial charge in [0.25, 0.3) is 0 Å². The highest BCUT2D eigenvalue weighted by molar-refractivity contribution is 7.90. The molecule has 4 rings (SSSR count). The summed E-state index contributed by atoms with van der Waals surface area (Å²) in [5.41, 5.74) is 1.47. The molecule has 1 saturated heterocycles. The summed E-state index contributed by atoms with van der Waals surface area (Å²) < 4.78 is 61.8. The maximum absolute atomic E-state index is 13.1.